The summed E-state index contributed by atoms with van der Waals surface area (Å²) in [7, 11) is 0. The van der Waals surface area contributed by atoms with Crippen molar-refractivity contribution in [2.24, 2.45) is 4.99 Å². The maximum atomic E-state index is 13.1. The normalized spacial score (nSPS) is 11.1. The van der Waals surface area contributed by atoms with Crippen LogP contribution in [0.15, 0.2) is 17.1 Å². The number of hydrogen-bond donors (Lipinski definition) is 1. The molecule has 0 heterocycles. The lowest BCUT2D eigenvalue weighted by molar-refractivity contribution is 0.496. The van der Waals surface area contributed by atoms with Crippen LogP contribution >= 0.6 is 11.8 Å². The van der Waals surface area contributed by atoms with E-state index in [2.05, 4.69) is 10.3 Å². The van der Waals surface area contributed by atoms with Gasteiger partial charge in [-0.05, 0) is 6.26 Å². The van der Waals surface area contributed by atoms with Gasteiger partial charge in [-0.2, -0.15) is 5.26 Å². The van der Waals surface area contributed by atoms with Gasteiger partial charge in [0.05, 0.1) is 0 Å². The predicted molar refractivity (Wildman–Crippen MR) is 55.7 cm³/mol. The Bertz CT molecular complexity index is 468. The maximum absolute atomic E-state index is 13.1. The van der Waals surface area contributed by atoms with Gasteiger partial charge in [0, 0.05) is 12.1 Å². The molecule has 0 bridgehead atoms. The molecule has 0 spiro atoms. The van der Waals surface area contributed by atoms with Crippen molar-refractivity contribution in [1.82, 2.24) is 5.32 Å². The number of nitriles is 1. The van der Waals surface area contributed by atoms with Crippen LogP contribution in [0, 0.1) is 28.9 Å². The van der Waals surface area contributed by atoms with Crippen LogP contribution in [-0.2, 0) is 0 Å². The number of nitrogens with one attached hydrogen (secondary N) is 1. The first-order valence-electron chi connectivity index (χ1n) is 4.00. The topological polar surface area (TPSA) is 48.2 Å². The molecule has 0 atom stereocenters. The van der Waals surface area contributed by atoms with Gasteiger partial charge in [-0.15, -0.1) is 0 Å². The average molecular weight is 245 g/mol. The molecule has 1 aromatic carbocycles. The summed E-state index contributed by atoms with van der Waals surface area (Å²) in [6, 6.07) is 1.03. The van der Waals surface area contributed by atoms with Crippen LogP contribution in [0.4, 0.5) is 18.9 Å². The lowest BCUT2D eigenvalue weighted by atomic mass is 10.3. The molecule has 1 N–H and O–H groups in total. The van der Waals surface area contributed by atoms with Crippen LogP contribution in [0.25, 0.3) is 0 Å². The molecule has 0 saturated heterocycles. The number of rotatable bonds is 1. The number of benzene rings is 1. The molecule has 0 amide bonds. The van der Waals surface area contributed by atoms with Gasteiger partial charge in [0.15, 0.2) is 28.8 Å². The molecule has 1 rings (SSSR count). The molecule has 84 valence electrons. The highest BCUT2D eigenvalue weighted by molar-refractivity contribution is 8.13. The van der Waals surface area contributed by atoms with Gasteiger partial charge in [-0.25, -0.2) is 18.2 Å². The van der Waals surface area contributed by atoms with Crippen LogP contribution in [0.3, 0.4) is 0 Å². The smallest absolute Gasteiger partial charge is 0.183 e. The summed E-state index contributed by atoms with van der Waals surface area (Å²) >= 11 is 1.04. The van der Waals surface area contributed by atoms with Gasteiger partial charge in [-0.3, -0.25) is 5.32 Å². The lowest BCUT2D eigenvalue weighted by Gasteiger charge is -2.01. The fourth-order valence-corrected chi connectivity index (χ4v) is 1.22. The van der Waals surface area contributed by atoms with Crippen molar-refractivity contribution >= 4 is 22.6 Å². The molecule has 16 heavy (non-hydrogen) atoms. The fraction of sp³-hybridized carbons (Fsp3) is 0.111. The SMILES string of the molecule is CSC(=Nc1cc(F)c(F)cc1F)NC#N. The number of aliphatic imine (C=N–C) groups is 1. The lowest BCUT2D eigenvalue weighted by Crippen LogP contribution is -2.12. The first kappa shape index (κ1) is 12.4. The number of halogens is 3. The molecule has 0 radical (unpaired) electrons. The van der Waals surface area contributed by atoms with E-state index in [1.165, 1.54) is 0 Å². The molecule has 3 nitrogen and oxygen atoms in total. The standard InChI is InChI=1S/C9H6F3N3S/c1-16-9(14-4-13)15-8-3-6(11)5(10)2-7(8)12/h2-3H,1H3,(H,14,15). The molecular weight excluding hydrogens is 239 g/mol. The van der Waals surface area contributed by atoms with E-state index in [1.54, 1.807) is 12.4 Å². The van der Waals surface area contributed by atoms with Crippen molar-refractivity contribution in [2.45, 2.75) is 0 Å². The van der Waals surface area contributed by atoms with Gasteiger partial charge >= 0.3 is 0 Å². The summed E-state index contributed by atoms with van der Waals surface area (Å²) < 4.78 is 38.5. The van der Waals surface area contributed by atoms with Gasteiger partial charge in [-0.1, -0.05) is 11.8 Å². The third kappa shape index (κ3) is 2.90. The predicted octanol–water partition coefficient (Wildman–Crippen LogP) is 2.53. The van der Waals surface area contributed by atoms with Crippen LogP contribution in [-0.4, -0.2) is 11.4 Å². The Labute approximate surface area is 94.0 Å². The second-order valence-corrected chi connectivity index (χ2v) is 3.37. The molecule has 0 aliphatic carbocycles. The van der Waals surface area contributed by atoms with E-state index in [0.29, 0.717) is 12.1 Å². The zero-order valence-electron chi connectivity index (χ0n) is 8.09. The minimum absolute atomic E-state index is 0.0902. The monoisotopic (exact) mass is 245 g/mol. The summed E-state index contributed by atoms with van der Waals surface area (Å²) in [5.74, 6) is -3.47. The molecule has 0 aliphatic rings. The van der Waals surface area contributed by atoms with E-state index in [-0.39, 0.29) is 10.9 Å². The molecule has 0 saturated carbocycles. The van der Waals surface area contributed by atoms with E-state index in [0.717, 1.165) is 11.8 Å². The van der Waals surface area contributed by atoms with Crippen LogP contribution in [0.5, 0.6) is 0 Å². The number of nitrogens with zero attached hydrogens (tertiary/aromatic N) is 2. The van der Waals surface area contributed by atoms with Gasteiger partial charge < -0.3 is 0 Å². The van der Waals surface area contributed by atoms with E-state index >= 15 is 0 Å². The average Bonchev–Trinajstić information content (AvgIpc) is 2.25. The van der Waals surface area contributed by atoms with Crippen LogP contribution in [0.2, 0.25) is 0 Å². The second-order valence-electron chi connectivity index (χ2n) is 2.58. The summed E-state index contributed by atoms with van der Waals surface area (Å²) in [6.45, 7) is 0. The molecule has 0 aromatic heterocycles. The Kier molecular flexibility index (Phi) is 4.19. The van der Waals surface area contributed by atoms with Crippen molar-refractivity contribution in [3.8, 4) is 6.19 Å². The minimum atomic E-state index is -1.28. The van der Waals surface area contributed by atoms with Gasteiger partial charge in [0.25, 0.3) is 0 Å². The highest BCUT2D eigenvalue weighted by atomic mass is 32.2. The third-order valence-corrected chi connectivity index (χ3v) is 2.15. The number of amidine groups is 1. The number of thioether (sulfide) groups is 1. The first-order chi connectivity index (χ1) is 7.58. The Morgan fingerprint density at radius 3 is 2.50 bits per heavy atom. The van der Waals surface area contributed by atoms with Crippen LogP contribution in [0.1, 0.15) is 0 Å². The zero-order chi connectivity index (χ0) is 12.1. The Balaban J connectivity index is 3.14. The van der Waals surface area contributed by atoms with Crippen LogP contribution < -0.4 is 5.32 Å². The van der Waals surface area contributed by atoms with Crippen molar-refractivity contribution in [3.05, 3.63) is 29.6 Å². The molecule has 7 heteroatoms. The zero-order valence-corrected chi connectivity index (χ0v) is 8.91. The van der Waals surface area contributed by atoms with E-state index < -0.39 is 17.5 Å². The summed E-state index contributed by atoms with van der Waals surface area (Å²) in [6.07, 6.45) is 3.19. The van der Waals surface area contributed by atoms with Crippen molar-refractivity contribution in [2.75, 3.05) is 6.26 Å². The highest BCUT2D eigenvalue weighted by Gasteiger charge is 2.09. The fourth-order valence-electron chi connectivity index (χ4n) is 0.880. The van der Waals surface area contributed by atoms with E-state index in [9.17, 15) is 13.2 Å². The van der Waals surface area contributed by atoms with E-state index in [1.807, 2.05) is 0 Å². The Hall–Kier alpha value is -1.68. The Morgan fingerprint density at radius 2 is 1.94 bits per heavy atom. The maximum Gasteiger partial charge on any atom is 0.183 e. The quantitative estimate of drug-likeness (QED) is 0.272. The van der Waals surface area contributed by atoms with Gasteiger partial charge in [0.1, 0.15) is 5.69 Å². The van der Waals surface area contributed by atoms with Gasteiger partial charge in [0.2, 0.25) is 0 Å². The van der Waals surface area contributed by atoms with Crippen molar-refractivity contribution in [1.29, 1.82) is 5.26 Å². The molecular formula is C9H6F3N3S. The molecule has 1 aromatic rings. The second kappa shape index (κ2) is 5.42. The third-order valence-electron chi connectivity index (χ3n) is 1.57. The minimum Gasteiger partial charge on any atom is -0.271 e. The molecule has 0 unspecified atom stereocenters. The van der Waals surface area contributed by atoms with Crippen molar-refractivity contribution in [3.63, 3.8) is 0 Å². The summed E-state index contributed by atoms with van der Waals surface area (Å²) in [5.41, 5.74) is -0.369. The summed E-state index contributed by atoms with van der Waals surface area (Å²) in [4.78, 5) is 3.63. The first-order valence-corrected chi connectivity index (χ1v) is 5.23. The van der Waals surface area contributed by atoms with Crippen molar-refractivity contribution < 1.29 is 13.2 Å². The number of hydrogen-bond acceptors (Lipinski definition) is 3. The highest BCUT2D eigenvalue weighted by Crippen LogP contribution is 2.22. The molecule has 0 aliphatic heterocycles. The largest absolute Gasteiger partial charge is 0.271 e. The Morgan fingerprint density at radius 1 is 1.31 bits per heavy atom. The van der Waals surface area contributed by atoms with E-state index in [4.69, 9.17) is 5.26 Å². The molecule has 0 fully saturated rings. The summed E-state index contributed by atoms with van der Waals surface area (Å²) in [5, 5.41) is 10.6.